The minimum atomic E-state index is -4.33. The van der Waals surface area contributed by atoms with E-state index in [0.717, 1.165) is 37.5 Å². The molecule has 2 unspecified atom stereocenters. The van der Waals surface area contributed by atoms with Crippen LogP contribution in [-0.4, -0.2) is 22.5 Å². The first kappa shape index (κ1) is 16.6. The molecule has 0 spiro atoms. The zero-order valence-electron chi connectivity index (χ0n) is 12.1. The monoisotopic (exact) mass is 318 g/mol. The number of nitrogens with one attached hydrogen (secondary N) is 1. The van der Waals surface area contributed by atoms with Crippen LogP contribution in [0.3, 0.4) is 0 Å². The molecule has 0 amide bonds. The molecule has 0 radical (unpaired) electrons. The molecule has 1 aliphatic heterocycles. The molecule has 1 aromatic rings. The second-order valence-electron chi connectivity index (χ2n) is 5.30. The summed E-state index contributed by atoms with van der Waals surface area (Å²) in [4.78, 5) is 3.93. The van der Waals surface area contributed by atoms with Crippen LogP contribution in [0.5, 0.6) is 0 Å². The molecule has 1 N–H and O–H groups in total. The van der Waals surface area contributed by atoms with Crippen molar-refractivity contribution in [2.45, 2.75) is 50.1 Å². The van der Waals surface area contributed by atoms with Gasteiger partial charge in [0.2, 0.25) is 0 Å². The standard InChI is InChI=1S/C15H21F3N2S/c1-2-7-20-14(13-5-3-4-9-21-13)11-10-19-8-6-12(11)15(16,17)18/h6,8,10,13-14,20H,2-5,7,9H2,1H3. The Hall–Kier alpha value is -0.750. The molecule has 0 aliphatic carbocycles. The number of hydrogen-bond acceptors (Lipinski definition) is 3. The lowest BCUT2D eigenvalue weighted by atomic mass is 9.96. The van der Waals surface area contributed by atoms with Gasteiger partial charge in [0.25, 0.3) is 0 Å². The van der Waals surface area contributed by atoms with Gasteiger partial charge < -0.3 is 5.32 Å². The van der Waals surface area contributed by atoms with Gasteiger partial charge in [0.15, 0.2) is 0 Å². The molecule has 21 heavy (non-hydrogen) atoms. The lowest BCUT2D eigenvalue weighted by molar-refractivity contribution is -0.138. The number of halogens is 3. The quantitative estimate of drug-likeness (QED) is 0.869. The molecule has 1 aromatic heterocycles. The van der Waals surface area contributed by atoms with Gasteiger partial charge in [-0.3, -0.25) is 4.98 Å². The van der Waals surface area contributed by atoms with Crippen molar-refractivity contribution < 1.29 is 13.2 Å². The van der Waals surface area contributed by atoms with E-state index in [0.29, 0.717) is 6.54 Å². The summed E-state index contributed by atoms with van der Waals surface area (Å²) in [6, 6.07) is 0.810. The average molecular weight is 318 g/mol. The minimum Gasteiger partial charge on any atom is -0.309 e. The number of alkyl halides is 3. The summed E-state index contributed by atoms with van der Waals surface area (Å²) in [5.74, 6) is 1.02. The van der Waals surface area contributed by atoms with E-state index in [1.54, 1.807) is 11.8 Å². The lowest BCUT2D eigenvalue weighted by Gasteiger charge is -2.32. The van der Waals surface area contributed by atoms with Gasteiger partial charge in [-0.25, -0.2) is 0 Å². The molecule has 0 aromatic carbocycles. The van der Waals surface area contributed by atoms with Gasteiger partial charge in [-0.05, 0) is 37.6 Å². The van der Waals surface area contributed by atoms with Gasteiger partial charge in [0.05, 0.1) is 5.56 Å². The SMILES string of the molecule is CCCNC(c1cnccc1C(F)(F)F)C1CCCCS1. The molecule has 2 atom stereocenters. The predicted octanol–water partition coefficient (Wildman–Crippen LogP) is 4.43. The second kappa shape index (κ2) is 7.49. The summed E-state index contributed by atoms with van der Waals surface area (Å²) in [5.41, 5.74) is -0.268. The van der Waals surface area contributed by atoms with Crippen LogP contribution in [0.15, 0.2) is 18.5 Å². The van der Waals surface area contributed by atoms with E-state index < -0.39 is 11.7 Å². The summed E-state index contributed by atoms with van der Waals surface area (Å²) in [5, 5.41) is 3.50. The van der Waals surface area contributed by atoms with Crippen molar-refractivity contribution in [1.29, 1.82) is 0 Å². The number of aromatic nitrogens is 1. The van der Waals surface area contributed by atoms with Crippen molar-refractivity contribution in [3.05, 3.63) is 29.6 Å². The Labute approximate surface area is 127 Å². The normalized spacial score (nSPS) is 21.2. The average Bonchev–Trinajstić information content (AvgIpc) is 2.48. The fourth-order valence-corrected chi connectivity index (χ4v) is 4.12. The zero-order chi connectivity index (χ0) is 15.3. The van der Waals surface area contributed by atoms with E-state index in [9.17, 15) is 13.2 Å². The third-order valence-corrected chi connectivity index (χ3v) is 5.15. The highest BCUT2D eigenvalue weighted by Gasteiger charge is 2.37. The smallest absolute Gasteiger partial charge is 0.309 e. The van der Waals surface area contributed by atoms with Crippen molar-refractivity contribution >= 4 is 11.8 Å². The van der Waals surface area contributed by atoms with Crippen molar-refractivity contribution in [1.82, 2.24) is 10.3 Å². The van der Waals surface area contributed by atoms with Gasteiger partial charge in [0.1, 0.15) is 0 Å². The van der Waals surface area contributed by atoms with Crippen molar-refractivity contribution in [3.63, 3.8) is 0 Å². The van der Waals surface area contributed by atoms with E-state index in [1.165, 1.54) is 12.4 Å². The maximum absolute atomic E-state index is 13.2. The van der Waals surface area contributed by atoms with Gasteiger partial charge in [-0.2, -0.15) is 24.9 Å². The number of hydrogen-bond donors (Lipinski definition) is 1. The molecule has 118 valence electrons. The van der Waals surface area contributed by atoms with E-state index in [-0.39, 0.29) is 16.9 Å². The minimum absolute atomic E-state index is 0.190. The first-order valence-corrected chi connectivity index (χ1v) is 8.45. The third kappa shape index (κ3) is 4.36. The van der Waals surface area contributed by atoms with E-state index in [1.807, 2.05) is 6.92 Å². The van der Waals surface area contributed by atoms with Crippen LogP contribution in [0.25, 0.3) is 0 Å². The highest BCUT2D eigenvalue weighted by molar-refractivity contribution is 8.00. The molecular formula is C15H21F3N2S. The summed E-state index contributed by atoms with van der Waals surface area (Å²) >= 11 is 1.78. The summed E-state index contributed by atoms with van der Waals surface area (Å²) in [6.45, 7) is 2.74. The molecule has 1 fully saturated rings. The molecule has 0 saturated carbocycles. The Kier molecular flexibility index (Phi) is 5.93. The molecular weight excluding hydrogens is 297 g/mol. The van der Waals surface area contributed by atoms with Crippen LogP contribution in [-0.2, 0) is 6.18 Å². The summed E-state index contributed by atoms with van der Waals surface area (Å²) in [7, 11) is 0. The van der Waals surface area contributed by atoms with Crippen molar-refractivity contribution in [2.75, 3.05) is 12.3 Å². The Bertz CT molecular complexity index is 445. The van der Waals surface area contributed by atoms with Crippen LogP contribution in [0.4, 0.5) is 13.2 Å². The molecule has 0 bridgehead atoms. The zero-order valence-corrected chi connectivity index (χ0v) is 12.9. The van der Waals surface area contributed by atoms with Crippen LogP contribution in [0.2, 0.25) is 0 Å². The summed E-state index contributed by atoms with van der Waals surface area (Å²) < 4.78 is 39.7. The van der Waals surface area contributed by atoms with E-state index in [2.05, 4.69) is 10.3 Å². The van der Waals surface area contributed by atoms with Gasteiger partial charge >= 0.3 is 6.18 Å². The number of nitrogens with zero attached hydrogens (tertiary/aromatic N) is 1. The number of thioether (sulfide) groups is 1. The maximum Gasteiger partial charge on any atom is 0.416 e. The third-order valence-electron chi connectivity index (χ3n) is 3.69. The van der Waals surface area contributed by atoms with E-state index >= 15 is 0 Å². The molecule has 1 aliphatic rings. The van der Waals surface area contributed by atoms with Gasteiger partial charge in [0, 0.05) is 29.2 Å². The lowest BCUT2D eigenvalue weighted by Crippen LogP contribution is -2.34. The Morgan fingerprint density at radius 1 is 1.43 bits per heavy atom. The largest absolute Gasteiger partial charge is 0.416 e. The first-order valence-electron chi connectivity index (χ1n) is 7.40. The van der Waals surface area contributed by atoms with Crippen LogP contribution >= 0.6 is 11.8 Å². The number of rotatable bonds is 5. The number of pyridine rings is 1. The fraction of sp³-hybridized carbons (Fsp3) is 0.667. The van der Waals surface area contributed by atoms with Gasteiger partial charge in [-0.15, -0.1) is 0 Å². The Balaban J connectivity index is 2.31. The maximum atomic E-state index is 13.2. The van der Waals surface area contributed by atoms with Gasteiger partial charge in [-0.1, -0.05) is 13.3 Å². The molecule has 2 rings (SSSR count). The molecule has 6 heteroatoms. The Morgan fingerprint density at radius 3 is 2.86 bits per heavy atom. The predicted molar refractivity (Wildman–Crippen MR) is 80.4 cm³/mol. The van der Waals surface area contributed by atoms with Crippen LogP contribution < -0.4 is 5.32 Å². The molecule has 2 nitrogen and oxygen atoms in total. The highest BCUT2D eigenvalue weighted by atomic mass is 32.2. The fourth-order valence-electron chi connectivity index (χ4n) is 2.68. The second-order valence-corrected chi connectivity index (χ2v) is 6.64. The first-order chi connectivity index (χ1) is 10.0. The van der Waals surface area contributed by atoms with E-state index in [4.69, 9.17) is 0 Å². The highest BCUT2D eigenvalue weighted by Crippen LogP contribution is 2.40. The summed E-state index contributed by atoms with van der Waals surface area (Å²) in [6.07, 6.45) is 2.37. The Morgan fingerprint density at radius 2 is 2.24 bits per heavy atom. The van der Waals surface area contributed by atoms with Crippen LogP contribution in [0.1, 0.15) is 49.8 Å². The van der Waals surface area contributed by atoms with Crippen molar-refractivity contribution in [3.8, 4) is 0 Å². The molecule has 1 saturated heterocycles. The van der Waals surface area contributed by atoms with Crippen LogP contribution in [0, 0.1) is 0 Å². The molecule has 2 heterocycles. The topological polar surface area (TPSA) is 24.9 Å². The van der Waals surface area contributed by atoms with Crippen molar-refractivity contribution in [2.24, 2.45) is 0 Å².